The predicted octanol–water partition coefficient (Wildman–Crippen LogP) is 5.13. The Morgan fingerprint density at radius 2 is 2.10 bits per heavy atom. The molecule has 5 nitrogen and oxygen atoms in total. The van der Waals surface area contributed by atoms with Crippen LogP contribution in [0.5, 0.6) is 0 Å². The average Bonchev–Trinajstić information content (AvgIpc) is 2.66. The number of carbonyl (C=O) groups is 1. The van der Waals surface area contributed by atoms with Crippen molar-refractivity contribution in [2.24, 2.45) is 5.92 Å². The number of aromatic amines is 1. The summed E-state index contributed by atoms with van der Waals surface area (Å²) in [6.07, 6.45) is 3.14. The summed E-state index contributed by atoms with van der Waals surface area (Å²) in [4.78, 5) is 33.6. The highest BCUT2D eigenvalue weighted by Crippen LogP contribution is 2.43. The van der Waals surface area contributed by atoms with Crippen LogP contribution < -0.4 is 10.9 Å². The highest BCUT2D eigenvalue weighted by molar-refractivity contribution is 7.99. The molecule has 0 radical (unpaired) electrons. The molecule has 1 atom stereocenters. The molecule has 1 aromatic heterocycles. The molecular formula is C22H24ClN3O2S. The zero-order valence-electron chi connectivity index (χ0n) is 16.5. The molecule has 0 bridgehead atoms. The van der Waals surface area contributed by atoms with Crippen LogP contribution in [0.2, 0.25) is 5.02 Å². The molecule has 1 aromatic carbocycles. The Morgan fingerprint density at radius 1 is 1.28 bits per heavy atom. The van der Waals surface area contributed by atoms with Gasteiger partial charge >= 0.3 is 0 Å². The third-order valence-electron chi connectivity index (χ3n) is 5.35. The number of fused-ring (bicyclic) bond motifs is 1. The zero-order valence-corrected chi connectivity index (χ0v) is 18.1. The van der Waals surface area contributed by atoms with Crippen molar-refractivity contribution in [2.45, 2.75) is 50.6 Å². The fourth-order valence-electron chi connectivity index (χ4n) is 3.92. The first-order valence-electron chi connectivity index (χ1n) is 9.99. The second kappa shape index (κ2) is 8.36. The van der Waals surface area contributed by atoms with E-state index in [1.807, 2.05) is 18.2 Å². The van der Waals surface area contributed by atoms with Crippen molar-refractivity contribution in [3.05, 3.63) is 62.0 Å². The number of H-pyrrole nitrogens is 1. The van der Waals surface area contributed by atoms with Crippen LogP contribution in [0.1, 0.15) is 56.6 Å². The van der Waals surface area contributed by atoms with Gasteiger partial charge in [-0.3, -0.25) is 9.59 Å². The van der Waals surface area contributed by atoms with Gasteiger partial charge in [0.15, 0.2) is 10.9 Å². The highest BCUT2D eigenvalue weighted by Gasteiger charge is 2.37. The number of aromatic nitrogens is 2. The minimum atomic E-state index is -0.446. The molecule has 0 saturated carbocycles. The first-order chi connectivity index (χ1) is 13.9. The first kappa shape index (κ1) is 20.2. The molecule has 2 N–H and O–H groups in total. The number of hydrogen-bond acceptors (Lipinski definition) is 5. The number of hydrogen-bond donors (Lipinski definition) is 2. The molecule has 2 heterocycles. The Labute approximate surface area is 179 Å². The number of ketones is 1. The van der Waals surface area contributed by atoms with Crippen LogP contribution in [0.4, 0.5) is 5.82 Å². The van der Waals surface area contributed by atoms with Crippen LogP contribution in [0.25, 0.3) is 0 Å². The van der Waals surface area contributed by atoms with Gasteiger partial charge in [-0.2, -0.15) is 0 Å². The van der Waals surface area contributed by atoms with Crippen LogP contribution in [-0.2, 0) is 4.79 Å². The molecule has 2 aromatic rings. The van der Waals surface area contributed by atoms with Crippen molar-refractivity contribution < 1.29 is 4.79 Å². The summed E-state index contributed by atoms with van der Waals surface area (Å²) in [6, 6.07) is 7.40. The molecule has 1 aliphatic heterocycles. The van der Waals surface area contributed by atoms with E-state index in [9.17, 15) is 9.59 Å². The molecule has 1 aliphatic carbocycles. The number of nitrogens with zero attached hydrogens (tertiary/aromatic N) is 1. The van der Waals surface area contributed by atoms with Crippen molar-refractivity contribution >= 4 is 35.0 Å². The number of allylic oxidation sites excluding steroid dienone is 2. The summed E-state index contributed by atoms with van der Waals surface area (Å²) in [5, 5.41) is 4.50. The molecule has 0 spiro atoms. The second-order valence-corrected chi connectivity index (χ2v) is 9.47. The standard InChI is InChI=1S/C22H24ClN3O2S/c1-12(2)9-10-29-22-25-20-19(21(28)26-22)17(13-5-3-6-14(23)11-13)18-15(24-20)7-4-8-16(18)27/h3,5-6,11-12,17H,4,7-10H2,1-2H3,(H2,24,25,26,28). The van der Waals surface area contributed by atoms with E-state index in [1.165, 1.54) is 0 Å². The summed E-state index contributed by atoms with van der Waals surface area (Å²) in [6.45, 7) is 4.35. The lowest BCUT2D eigenvalue weighted by atomic mass is 9.76. The van der Waals surface area contributed by atoms with Crippen LogP contribution in [0.3, 0.4) is 0 Å². The zero-order chi connectivity index (χ0) is 20.5. The van der Waals surface area contributed by atoms with Gasteiger partial charge in [0.05, 0.1) is 5.56 Å². The van der Waals surface area contributed by atoms with Crippen molar-refractivity contribution in [1.29, 1.82) is 0 Å². The van der Waals surface area contributed by atoms with Crippen molar-refractivity contribution in [2.75, 3.05) is 11.1 Å². The Morgan fingerprint density at radius 3 is 2.86 bits per heavy atom. The van der Waals surface area contributed by atoms with Gasteiger partial charge in [0.2, 0.25) is 0 Å². The van der Waals surface area contributed by atoms with E-state index in [2.05, 4.69) is 24.1 Å². The van der Waals surface area contributed by atoms with E-state index < -0.39 is 5.92 Å². The molecular weight excluding hydrogens is 406 g/mol. The molecule has 2 aliphatic rings. The predicted molar refractivity (Wildman–Crippen MR) is 118 cm³/mol. The van der Waals surface area contributed by atoms with Gasteiger partial charge in [0, 0.05) is 34.4 Å². The number of nitrogens with one attached hydrogen (secondary N) is 2. The number of Topliss-reactive ketones (excluding diaryl/α,β-unsaturated/α-hetero) is 1. The Balaban J connectivity index is 1.81. The molecule has 7 heteroatoms. The summed E-state index contributed by atoms with van der Waals surface area (Å²) < 4.78 is 0. The van der Waals surface area contributed by atoms with E-state index in [4.69, 9.17) is 16.6 Å². The van der Waals surface area contributed by atoms with Crippen LogP contribution in [0.15, 0.2) is 45.5 Å². The van der Waals surface area contributed by atoms with Gasteiger partial charge in [-0.05, 0) is 42.9 Å². The Hall–Kier alpha value is -2.05. The molecule has 29 heavy (non-hydrogen) atoms. The van der Waals surface area contributed by atoms with E-state index in [-0.39, 0.29) is 11.3 Å². The first-order valence-corrected chi connectivity index (χ1v) is 11.4. The molecule has 1 unspecified atom stereocenters. The monoisotopic (exact) mass is 429 g/mol. The normalized spacial score (nSPS) is 18.5. The lowest BCUT2D eigenvalue weighted by Gasteiger charge is -2.32. The van der Waals surface area contributed by atoms with E-state index in [1.54, 1.807) is 17.8 Å². The number of rotatable bonds is 5. The SMILES string of the molecule is CC(C)CCSc1nc2c(c(=O)[nH]1)C(c1cccc(Cl)c1)C1=C(CCCC1=O)N2. The Kier molecular flexibility index (Phi) is 5.83. The van der Waals surface area contributed by atoms with Gasteiger partial charge in [-0.25, -0.2) is 4.98 Å². The van der Waals surface area contributed by atoms with Gasteiger partial charge in [-0.15, -0.1) is 0 Å². The average molecular weight is 430 g/mol. The minimum absolute atomic E-state index is 0.0872. The lowest BCUT2D eigenvalue weighted by molar-refractivity contribution is -0.116. The Bertz CT molecular complexity index is 1040. The van der Waals surface area contributed by atoms with E-state index in [0.29, 0.717) is 39.5 Å². The molecule has 0 saturated heterocycles. The van der Waals surface area contributed by atoms with Gasteiger partial charge < -0.3 is 10.3 Å². The van der Waals surface area contributed by atoms with Gasteiger partial charge in [-0.1, -0.05) is 49.3 Å². The number of benzene rings is 1. The second-order valence-electron chi connectivity index (χ2n) is 7.95. The summed E-state index contributed by atoms with van der Waals surface area (Å²) in [5.74, 6) is 1.68. The van der Waals surface area contributed by atoms with Crippen LogP contribution in [0, 0.1) is 5.92 Å². The quantitative estimate of drug-likeness (QED) is 0.509. The van der Waals surface area contributed by atoms with Crippen LogP contribution in [-0.4, -0.2) is 21.5 Å². The summed E-state index contributed by atoms with van der Waals surface area (Å²) in [7, 11) is 0. The maximum atomic E-state index is 13.1. The number of thioether (sulfide) groups is 1. The number of halogens is 1. The highest BCUT2D eigenvalue weighted by atomic mass is 35.5. The summed E-state index contributed by atoms with van der Waals surface area (Å²) >= 11 is 7.78. The lowest BCUT2D eigenvalue weighted by Crippen LogP contribution is -2.32. The summed E-state index contributed by atoms with van der Waals surface area (Å²) in [5.41, 5.74) is 2.70. The smallest absolute Gasteiger partial charge is 0.257 e. The fourth-order valence-corrected chi connectivity index (χ4v) is 5.22. The topological polar surface area (TPSA) is 74.8 Å². The fraction of sp³-hybridized carbons (Fsp3) is 0.409. The largest absolute Gasteiger partial charge is 0.343 e. The third kappa shape index (κ3) is 4.14. The van der Waals surface area contributed by atoms with Gasteiger partial charge in [0.1, 0.15) is 5.82 Å². The third-order valence-corrected chi connectivity index (χ3v) is 6.49. The molecule has 152 valence electrons. The van der Waals surface area contributed by atoms with E-state index in [0.717, 1.165) is 36.3 Å². The van der Waals surface area contributed by atoms with Crippen LogP contribution >= 0.6 is 23.4 Å². The number of carbonyl (C=O) groups excluding carboxylic acids is 1. The van der Waals surface area contributed by atoms with E-state index >= 15 is 0 Å². The van der Waals surface area contributed by atoms with Crippen molar-refractivity contribution in [3.8, 4) is 0 Å². The van der Waals surface area contributed by atoms with Crippen molar-refractivity contribution in [1.82, 2.24) is 9.97 Å². The molecule has 0 fully saturated rings. The maximum absolute atomic E-state index is 13.1. The number of anilines is 1. The van der Waals surface area contributed by atoms with Crippen molar-refractivity contribution in [3.63, 3.8) is 0 Å². The van der Waals surface area contributed by atoms with Gasteiger partial charge in [0.25, 0.3) is 5.56 Å². The molecule has 0 amide bonds. The molecule has 4 rings (SSSR count). The minimum Gasteiger partial charge on any atom is -0.343 e. The maximum Gasteiger partial charge on any atom is 0.257 e.